The Morgan fingerprint density at radius 3 is 2.52 bits per heavy atom. The van der Waals surface area contributed by atoms with E-state index in [-0.39, 0.29) is 11.6 Å². The number of hydrogen-bond acceptors (Lipinski definition) is 8. The predicted molar refractivity (Wildman–Crippen MR) is 80.3 cm³/mol. The zero-order valence-corrected chi connectivity index (χ0v) is 13.1. The first-order valence-electron chi connectivity index (χ1n) is 6.98. The molecule has 0 aromatic carbocycles. The summed E-state index contributed by atoms with van der Waals surface area (Å²) in [6.45, 7) is 2.15. The molecule has 9 heteroatoms. The van der Waals surface area contributed by atoms with Gasteiger partial charge < -0.3 is 15.2 Å². The molecule has 1 unspecified atom stereocenters. The van der Waals surface area contributed by atoms with Crippen molar-refractivity contribution >= 4 is 29.4 Å². The highest BCUT2D eigenvalue weighted by Crippen LogP contribution is 2.39. The molecule has 3 heterocycles. The number of carbonyl (C=O) groups excluding carboxylic acids is 2. The minimum Gasteiger partial charge on any atom is -0.400 e. The van der Waals surface area contributed by atoms with E-state index in [0.717, 1.165) is 12.2 Å². The molecule has 0 saturated carbocycles. The second-order valence-electron chi connectivity index (χ2n) is 5.82. The van der Waals surface area contributed by atoms with Gasteiger partial charge in [-0.25, -0.2) is 14.6 Å². The fraction of sp³-hybridized carbons (Fsp3) is 0.429. The van der Waals surface area contributed by atoms with Gasteiger partial charge in [0, 0.05) is 24.2 Å². The first-order chi connectivity index (χ1) is 10.8. The van der Waals surface area contributed by atoms with E-state index >= 15 is 0 Å². The summed E-state index contributed by atoms with van der Waals surface area (Å²) < 4.78 is 10.8. The lowest BCUT2D eigenvalue weighted by Crippen LogP contribution is -2.65. The summed E-state index contributed by atoms with van der Waals surface area (Å²) in [5, 5.41) is 0.170. The second-order valence-corrected chi connectivity index (χ2v) is 6.21. The van der Waals surface area contributed by atoms with Gasteiger partial charge in [0.25, 0.3) is 0 Å². The number of halogens is 1. The Kier molecular flexibility index (Phi) is 3.73. The van der Waals surface area contributed by atoms with E-state index in [0.29, 0.717) is 18.8 Å². The summed E-state index contributed by atoms with van der Waals surface area (Å²) in [7, 11) is 0. The van der Waals surface area contributed by atoms with Crippen molar-refractivity contribution in [2.75, 3.05) is 11.4 Å². The molecule has 0 radical (unpaired) electrons. The zero-order valence-electron chi connectivity index (χ0n) is 12.4. The third kappa shape index (κ3) is 3.13. The summed E-state index contributed by atoms with van der Waals surface area (Å²) in [4.78, 5) is 33.4. The number of aromatic nitrogens is 2. The van der Waals surface area contributed by atoms with Gasteiger partial charge in [0.05, 0.1) is 18.8 Å². The lowest BCUT2D eigenvalue weighted by Gasteiger charge is -2.48. The van der Waals surface area contributed by atoms with Crippen molar-refractivity contribution in [2.24, 2.45) is 5.73 Å². The Morgan fingerprint density at radius 2 is 1.91 bits per heavy atom. The van der Waals surface area contributed by atoms with Crippen LogP contribution in [0.4, 0.5) is 5.82 Å². The second kappa shape index (κ2) is 5.47. The topological polar surface area (TPSA) is 108 Å². The summed E-state index contributed by atoms with van der Waals surface area (Å²) in [6.07, 6.45) is 5.52. The van der Waals surface area contributed by atoms with E-state index in [4.69, 9.17) is 26.8 Å². The molecule has 1 aromatic heterocycles. The summed E-state index contributed by atoms with van der Waals surface area (Å²) in [5.41, 5.74) is 5.52. The number of esters is 2. The molecular weight excluding hydrogens is 324 g/mol. The molecule has 3 rings (SSSR count). The van der Waals surface area contributed by atoms with Crippen molar-refractivity contribution in [2.45, 2.75) is 31.2 Å². The van der Waals surface area contributed by atoms with Crippen LogP contribution in [0.25, 0.3) is 0 Å². The van der Waals surface area contributed by atoms with E-state index in [1.54, 1.807) is 11.8 Å². The average molecular weight is 339 g/mol. The molecule has 2 aliphatic heterocycles. The number of carbonyl (C=O) groups is 2. The number of piperidine rings is 1. The van der Waals surface area contributed by atoms with Crippen molar-refractivity contribution in [3.63, 3.8) is 0 Å². The highest BCUT2D eigenvalue weighted by atomic mass is 35.5. The van der Waals surface area contributed by atoms with Crippen LogP contribution >= 0.6 is 11.6 Å². The molecule has 1 spiro atoms. The van der Waals surface area contributed by atoms with Crippen LogP contribution in [0.5, 0.6) is 0 Å². The van der Waals surface area contributed by atoms with Gasteiger partial charge in [-0.05, 0) is 13.3 Å². The quantitative estimate of drug-likeness (QED) is 0.748. The number of rotatable bonds is 1. The van der Waals surface area contributed by atoms with Gasteiger partial charge in [0.2, 0.25) is 0 Å². The third-order valence-corrected chi connectivity index (χ3v) is 3.87. The van der Waals surface area contributed by atoms with Gasteiger partial charge in [-0.2, -0.15) is 0 Å². The smallest absolute Gasteiger partial charge is 0.346 e. The fourth-order valence-corrected chi connectivity index (χ4v) is 2.85. The van der Waals surface area contributed by atoms with Crippen molar-refractivity contribution in [3.8, 4) is 0 Å². The van der Waals surface area contributed by atoms with Crippen LogP contribution in [-0.2, 0) is 19.1 Å². The minimum atomic E-state index is -1.68. The van der Waals surface area contributed by atoms with E-state index in [9.17, 15) is 9.59 Å². The van der Waals surface area contributed by atoms with Crippen LogP contribution in [0.3, 0.4) is 0 Å². The third-order valence-electron chi connectivity index (χ3n) is 3.69. The van der Waals surface area contributed by atoms with Crippen LogP contribution in [0, 0.1) is 0 Å². The van der Waals surface area contributed by atoms with Crippen LogP contribution in [0.1, 0.15) is 19.8 Å². The number of hydrogen-bond donors (Lipinski definition) is 1. The Balaban J connectivity index is 2.06. The molecule has 0 amide bonds. The number of nitrogens with zero attached hydrogens (tertiary/aromatic N) is 3. The molecule has 23 heavy (non-hydrogen) atoms. The largest absolute Gasteiger partial charge is 0.400 e. The van der Waals surface area contributed by atoms with Crippen LogP contribution < -0.4 is 10.6 Å². The van der Waals surface area contributed by atoms with E-state index < -0.39 is 23.4 Å². The van der Waals surface area contributed by atoms with E-state index in [1.807, 2.05) is 0 Å². The van der Waals surface area contributed by atoms with Crippen LogP contribution in [0.15, 0.2) is 24.5 Å². The highest BCUT2D eigenvalue weighted by molar-refractivity contribution is 6.29. The Morgan fingerprint density at radius 1 is 1.26 bits per heavy atom. The number of nitrogens with two attached hydrogens (primary N) is 1. The van der Waals surface area contributed by atoms with Crippen LogP contribution in [0.2, 0.25) is 5.15 Å². The van der Waals surface area contributed by atoms with Gasteiger partial charge in [-0.3, -0.25) is 9.88 Å². The minimum absolute atomic E-state index is 0.0906. The molecule has 8 nitrogen and oxygen atoms in total. The standard InChI is InChI=1S/C14H15ClN4O4/c1-13(16)4-5-19(10-7-17-6-9(15)18-10)14(8-13)22-11(20)2-3-12(21)23-14/h2-3,6-7H,4-5,8,16H2,1H3. The van der Waals surface area contributed by atoms with Gasteiger partial charge in [0.1, 0.15) is 5.15 Å². The van der Waals surface area contributed by atoms with Gasteiger partial charge in [0.15, 0.2) is 5.82 Å². The lowest BCUT2D eigenvalue weighted by molar-refractivity contribution is -0.232. The molecule has 2 N–H and O–H groups in total. The van der Waals surface area contributed by atoms with Crippen LogP contribution in [-0.4, -0.2) is 39.9 Å². The monoisotopic (exact) mass is 338 g/mol. The summed E-state index contributed by atoms with van der Waals surface area (Å²) >= 11 is 5.88. The van der Waals surface area contributed by atoms with Crippen molar-refractivity contribution in [3.05, 3.63) is 29.7 Å². The molecule has 1 saturated heterocycles. The first-order valence-corrected chi connectivity index (χ1v) is 7.36. The lowest BCUT2D eigenvalue weighted by atomic mass is 9.88. The van der Waals surface area contributed by atoms with Crippen molar-refractivity contribution in [1.82, 2.24) is 9.97 Å². The molecule has 1 atom stereocenters. The normalized spacial score (nSPS) is 26.7. The summed E-state index contributed by atoms with van der Waals surface area (Å²) in [6, 6.07) is 0. The predicted octanol–water partition coefficient (Wildman–Crippen LogP) is 0.758. The zero-order chi connectivity index (χ0) is 16.7. The van der Waals surface area contributed by atoms with Gasteiger partial charge in [-0.1, -0.05) is 11.6 Å². The molecule has 122 valence electrons. The van der Waals surface area contributed by atoms with E-state index in [2.05, 4.69) is 9.97 Å². The van der Waals surface area contributed by atoms with Crippen molar-refractivity contribution in [1.29, 1.82) is 0 Å². The maximum atomic E-state index is 11.9. The molecule has 0 bridgehead atoms. The SMILES string of the molecule is CC1(N)CCN(c2cncc(Cl)n2)C2(C1)OC(=O)C=CC(=O)O2. The summed E-state index contributed by atoms with van der Waals surface area (Å²) in [5.74, 6) is -2.75. The number of anilines is 1. The average Bonchev–Trinajstić information content (AvgIpc) is 2.56. The van der Waals surface area contributed by atoms with E-state index in [1.165, 1.54) is 12.4 Å². The Labute approximate surface area is 137 Å². The molecule has 1 fully saturated rings. The maximum absolute atomic E-state index is 11.9. The maximum Gasteiger partial charge on any atom is 0.346 e. The molecular formula is C14H15ClN4O4. The Hall–Kier alpha value is -2.19. The molecule has 0 aliphatic carbocycles. The highest BCUT2D eigenvalue weighted by Gasteiger charge is 2.53. The first kappa shape index (κ1) is 15.7. The van der Waals surface area contributed by atoms with Gasteiger partial charge >= 0.3 is 17.8 Å². The molecule has 2 aliphatic rings. The van der Waals surface area contributed by atoms with Crippen molar-refractivity contribution < 1.29 is 19.1 Å². The Bertz CT molecular complexity index is 671. The molecule has 1 aromatic rings. The fourth-order valence-electron chi connectivity index (χ4n) is 2.71. The number of ether oxygens (including phenoxy) is 2. The van der Waals surface area contributed by atoms with Gasteiger partial charge in [-0.15, -0.1) is 0 Å².